The number of amides is 1. The monoisotopic (exact) mass is 310 g/mol. The van der Waals surface area contributed by atoms with Crippen LogP contribution in [-0.2, 0) is 11.3 Å². The summed E-state index contributed by atoms with van der Waals surface area (Å²) in [6.45, 7) is 6.93. The van der Waals surface area contributed by atoms with E-state index in [1.54, 1.807) is 0 Å². The molecule has 0 radical (unpaired) electrons. The van der Waals surface area contributed by atoms with E-state index in [2.05, 4.69) is 27.0 Å². The Morgan fingerprint density at radius 3 is 2.67 bits per heavy atom. The summed E-state index contributed by atoms with van der Waals surface area (Å²) in [6, 6.07) is 0.181. The Labute approximate surface area is 131 Å². The van der Waals surface area contributed by atoms with E-state index >= 15 is 0 Å². The molecule has 1 aliphatic rings. The first-order valence-corrected chi connectivity index (χ1v) is 8.95. The van der Waals surface area contributed by atoms with Gasteiger partial charge in [-0.1, -0.05) is 31.0 Å². The molecule has 0 bridgehead atoms. The Hall–Kier alpha value is -1.04. The summed E-state index contributed by atoms with van der Waals surface area (Å²) < 4.78 is 2.18. The summed E-state index contributed by atoms with van der Waals surface area (Å²) in [4.78, 5) is 11.7. The van der Waals surface area contributed by atoms with Gasteiger partial charge in [-0.15, -0.1) is 10.2 Å². The van der Waals surface area contributed by atoms with Gasteiger partial charge in [-0.25, -0.2) is 0 Å². The fourth-order valence-electron chi connectivity index (χ4n) is 2.86. The summed E-state index contributed by atoms with van der Waals surface area (Å²) in [5, 5.41) is 12.5. The van der Waals surface area contributed by atoms with E-state index in [0.29, 0.717) is 11.7 Å². The zero-order valence-corrected chi connectivity index (χ0v) is 14.1. The number of carbonyl (C=O) groups excluding carboxylic acids is 1. The van der Waals surface area contributed by atoms with Gasteiger partial charge in [0, 0.05) is 18.5 Å². The van der Waals surface area contributed by atoms with Crippen molar-refractivity contribution in [1.82, 2.24) is 20.1 Å². The summed E-state index contributed by atoms with van der Waals surface area (Å²) in [7, 11) is 0. The van der Waals surface area contributed by atoms with Gasteiger partial charge in [-0.05, 0) is 33.6 Å². The molecule has 0 saturated heterocycles. The quantitative estimate of drug-likeness (QED) is 0.821. The zero-order valence-electron chi connectivity index (χ0n) is 13.3. The van der Waals surface area contributed by atoms with Gasteiger partial charge in [0.05, 0.1) is 5.75 Å². The molecule has 0 aliphatic heterocycles. The molecule has 1 aromatic heterocycles. The summed E-state index contributed by atoms with van der Waals surface area (Å²) in [5.74, 6) is 2.12. The van der Waals surface area contributed by atoms with Gasteiger partial charge in [-0.3, -0.25) is 4.79 Å². The van der Waals surface area contributed by atoms with E-state index in [9.17, 15) is 4.79 Å². The maximum absolute atomic E-state index is 11.7. The van der Waals surface area contributed by atoms with Crippen LogP contribution in [-0.4, -0.2) is 32.5 Å². The lowest BCUT2D eigenvalue weighted by molar-refractivity contribution is -0.119. The van der Waals surface area contributed by atoms with E-state index in [4.69, 9.17) is 0 Å². The summed E-state index contributed by atoms with van der Waals surface area (Å²) >= 11 is 1.48. The number of hydrogen-bond donors (Lipinski definition) is 1. The first-order valence-electron chi connectivity index (χ1n) is 7.97. The van der Waals surface area contributed by atoms with E-state index in [-0.39, 0.29) is 11.9 Å². The lowest BCUT2D eigenvalue weighted by Crippen LogP contribution is -2.31. The SMILES string of the molecule is CCn1c(SCC(=O)NC(C)C)nnc1C1CCCCC1. The normalized spacial score (nSPS) is 16.4. The molecule has 1 N–H and O–H groups in total. The highest BCUT2D eigenvalue weighted by molar-refractivity contribution is 7.99. The minimum absolute atomic E-state index is 0.0554. The smallest absolute Gasteiger partial charge is 0.230 e. The first kappa shape index (κ1) is 16.3. The van der Waals surface area contributed by atoms with Crippen molar-refractivity contribution < 1.29 is 4.79 Å². The number of aromatic nitrogens is 3. The van der Waals surface area contributed by atoms with Gasteiger partial charge in [0.15, 0.2) is 5.16 Å². The second-order valence-corrected chi connectivity index (χ2v) is 6.87. The Kier molecular flexibility index (Phi) is 6.08. The van der Waals surface area contributed by atoms with Gasteiger partial charge in [0.2, 0.25) is 5.91 Å². The molecule has 118 valence electrons. The zero-order chi connectivity index (χ0) is 15.2. The Morgan fingerprint density at radius 1 is 1.33 bits per heavy atom. The largest absolute Gasteiger partial charge is 0.353 e. The maximum atomic E-state index is 11.7. The number of nitrogens with zero attached hydrogens (tertiary/aromatic N) is 3. The van der Waals surface area contributed by atoms with Crippen LogP contribution in [0, 0.1) is 0 Å². The van der Waals surface area contributed by atoms with Crippen molar-refractivity contribution in [3.63, 3.8) is 0 Å². The molecule has 6 heteroatoms. The van der Waals surface area contributed by atoms with Crippen molar-refractivity contribution in [1.29, 1.82) is 0 Å². The van der Waals surface area contributed by atoms with Crippen molar-refractivity contribution in [2.75, 3.05) is 5.75 Å². The standard InChI is InChI=1S/C15H26N4OS/c1-4-19-14(12-8-6-5-7-9-12)17-18-15(19)21-10-13(20)16-11(2)3/h11-12H,4-10H2,1-3H3,(H,16,20). The van der Waals surface area contributed by atoms with E-state index in [1.807, 2.05) is 13.8 Å². The van der Waals surface area contributed by atoms with Crippen molar-refractivity contribution in [2.45, 2.75) is 76.5 Å². The average molecular weight is 310 g/mol. The predicted molar refractivity (Wildman–Crippen MR) is 85.5 cm³/mol. The number of rotatable bonds is 6. The van der Waals surface area contributed by atoms with Crippen molar-refractivity contribution >= 4 is 17.7 Å². The fraction of sp³-hybridized carbons (Fsp3) is 0.800. The van der Waals surface area contributed by atoms with Gasteiger partial charge in [-0.2, -0.15) is 0 Å². The maximum Gasteiger partial charge on any atom is 0.230 e. The summed E-state index contributed by atoms with van der Waals surface area (Å²) in [6.07, 6.45) is 6.36. The third-order valence-electron chi connectivity index (χ3n) is 3.81. The molecule has 21 heavy (non-hydrogen) atoms. The van der Waals surface area contributed by atoms with Crippen LogP contribution < -0.4 is 5.32 Å². The second-order valence-electron chi connectivity index (χ2n) is 5.93. The first-order chi connectivity index (χ1) is 10.1. The van der Waals surface area contributed by atoms with E-state index in [1.165, 1.54) is 43.9 Å². The number of hydrogen-bond acceptors (Lipinski definition) is 4. The van der Waals surface area contributed by atoms with E-state index in [0.717, 1.165) is 17.5 Å². The van der Waals surface area contributed by atoms with Gasteiger partial charge < -0.3 is 9.88 Å². The van der Waals surface area contributed by atoms with Gasteiger partial charge in [0.25, 0.3) is 0 Å². The van der Waals surface area contributed by atoms with Crippen molar-refractivity contribution in [3.8, 4) is 0 Å². The molecule has 0 spiro atoms. The number of carbonyl (C=O) groups is 1. The lowest BCUT2D eigenvalue weighted by atomic mass is 9.89. The number of thioether (sulfide) groups is 1. The summed E-state index contributed by atoms with van der Waals surface area (Å²) in [5.41, 5.74) is 0. The molecule has 5 nitrogen and oxygen atoms in total. The molecule has 0 aromatic carbocycles. The van der Waals surface area contributed by atoms with Crippen LogP contribution in [0.15, 0.2) is 5.16 Å². The number of nitrogens with one attached hydrogen (secondary N) is 1. The van der Waals surface area contributed by atoms with Crippen LogP contribution in [0.3, 0.4) is 0 Å². The van der Waals surface area contributed by atoms with Crippen molar-refractivity contribution in [2.24, 2.45) is 0 Å². The highest BCUT2D eigenvalue weighted by atomic mass is 32.2. The molecule has 1 fully saturated rings. The minimum Gasteiger partial charge on any atom is -0.353 e. The highest BCUT2D eigenvalue weighted by Gasteiger charge is 2.23. The van der Waals surface area contributed by atoms with Crippen LogP contribution in [0.2, 0.25) is 0 Å². The molecule has 0 unspecified atom stereocenters. The predicted octanol–water partition coefficient (Wildman–Crippen LogP) is 2.96. The second kappa shape index (κ2) is 7.82. The highest BCUT2D eigenvalue weighted by Crippen LogP contribution is 2.33. The molecular formula is C15H26N4OS. The molecule has 0 atom stereocenters. The molecule has 1 amide bonds. The van der Waals surface area contributed by atoms with E-state index < -0.39 is 0 Å². The Morgan fingerprint density at radius 2 is 2.05 bits per heavy atom. The molecule has 2 rings (SSSR count). The molecule has 1 heterocycles. The van der Waals surface area contributed by atoms with Crippen LogP contribution in [0.4, 0.5) is 0 Å². The molecule has 1 saturated carbocycles. The van der Waals surface area contributed by atoms with Gasteiger partial charge in [0.1, 0.15) is 5.82 Å². The van der Waals surface area contributed by atoms with Crippen molar-refractivity contribution in [3.05, 3.63) is 5.82 Å². The van der Waals surface area contributed by atoms with Crippen LogP contribution in [0.1, 0.15) is 64.6 Å². The Bertz CT molecular complexity index is 466. The van der Waals surface area contributed by atoms with Gasteiger partial charge >= 0.3 is 0 Å². The van der Waals surface area contributed by atoms with Crippen LogP contribution in [0.25, 0.3) is 0 Å². The minimum atomic E-state index is 0.0554. The molecule has 1 aliphatic carbocycles. The molecular weight excluding hydrogens is 284 g/mol. The molecule has 1 aromatic rings. The topological polar surface area (TPSA) is 59.8 Å². The lowest BCUT2D eigenvalue weighted by Gasteiger charge is -2.21. The third-order valence-corrected chi connectivity index (χ3v) is 4.78. The van der Waals surface area contributed by atoms with Crippen LogP contribution >= 0.6 is 11.8 Å². The third kappa shape index (κ3) is 4.46. The Balaban J connectivity index is 2.00. The van der Waals surface area contributed by atoms with Crippen LogP contribution in [0.5, 0.6) is 0 Å². The average Bonchev–Trinajstić information content (AvgIpc) is 2.88. The fourth-order valence-corrected chi connectivity index (χ4v) is 3.68.